The summed E-state index contributed by atoms with van der Waals surface area (Å²) in [7, 11) is 3.20. The van der Waals surface area contributed by atoms with Crippen LogP contribution in [0.5, 0.6) is 0 Å². The summed E-state index contributed by atoms with van der Waals surface area (Å²) in [6, 6.07) is 4.12. The Labute approximate surface area is 106 Å². The lowest BCUT2D eigenvalue weighted by molar-refractivity contribution is 0.0634. The van der Waals surface area contributed by atoms with Crippen LogP contribution >= 0.6 is 0 Å². The first-order chi connectivity index (χ1) is 8.52. The maximum absolute atomic E-state index is 13.5. The van der Waals surface area contributed by atoms with Crippen LogP contribution in [-0.4, -0.2) is 37.6 Å². The minimum Gasteiger partial charge on any atom is -0.383 e. The number of likely N-dealkylation sites (N-methyl/N-ethyl adjacent to an activating group) is 1. The van der Waals surface area contributed by atoms with E-state index in [-0.39, 0.29) is 23.2 Å². The van der Waals surface area contributed by atoms with E-state index in [1.807, 2.05) is 6.92 Å². The molecule has 0 saturated carbocycles. The van der Waals surface area contributed by atoms with Crippen molar-refractivity contribution in [3.63, 3.8) is 0 Å². The number of benzene rings is 1. The minimum atomic E-state index is -0.559. The van der Waals surface area contributed by atoms with Gasteiger partial charge in [-0.3, -0.25) is 10.6 Å². The number of hydrazine groups is 1. The van der Waals surface area contributed by atoms with Gasteiger partial charge in [0.25, 0.3) is 5.91 Å². The summed E-state index contributed by atoms with van der Waals surface area (Å²) in [5, 5.41) is 0. The lowest BCUT2D eigenvalue weighted by atomic mass is 10.1. The zero-order valence-corrected chi connectivity index (χ0v) is 10.7. The molecule has 1 amide bonds. The van der Waals surface area contributed by atoms with Crippen LogP contribution in [-0.2, 0) is 4.74 Å². The van der Waals surface area contributed by atoms with Crippen molar-refractivity contribution in [3.8, 4) is 0 Å². The van der Waals surface area contributed by atoms with E-state index in [1.165, 1.54) is 23.1 Å². The Morgan fingerprint density at radius 1 is 1.61 bits per heavy atom. The van der Waals surface area contributed by atoms with Crippen LogP contribution < -0.4 is 11.3 Å². The summed E-state index contributed by atoms with van der Waals surface area (Å²) >= 11 is 0. The maximum atomic E-state index is 13.5. The molecule has 0 bridgehead atoms. The second-order valence-corrected chi connectivity index (χ2v) is 4.03. The van der Waals surface area contributed by atoms with Gasteiger partial charge in [-0.05, 0) is 19.1 Å². The van der Waals surface area contributed by atoms with Crippen molar-refractivity contribution in [2.45, 2.75) is 13.0 Å². The summed E-state index contributed by atoms with van der Waals surface area (Å²) in [5.74, 6) is 4.37. The number of nitrogens with two attached hydrogens (primary N) is 1. The Morgan fingerprint density at radius 2 is 2.28 bits per heavy atom. The molecule has 6 heteroatoms. The van der Waals surface area contributed by atoms with Gasteiger partial charge in [-0.1, -0.05) is 6.07 Å². The first-order valence-corrected chi connectivity index (χ1v) is 5.54. The third kappa shape index (κ3) is 2.96. The number of hydrogen-bond acceptors (Lipinski definition) is 4. The van der Waals surface area contributed by atoms with Crippen LogP contribution in [0.1, 0.15) is 17.3 Å². The summed E-state index contributed by atoms with van der Waals surface area (Å²) in [6.45, 7) is 2.25. The molecule has 18 heavy (non-hydrogen) atoms. The number of carbonyl (C=O) groups is 1. The van der Waals surface area contributed by atoms with Gasteiger partial charge in [0.15, 0.2) is 0 Å². The molecule has 1 aromatic rings. The molecule has 0 aliphatic carbocycles. The zero-order chi connectivity index (χ0) is 13.7. The Balaban J connectivity index is 3.00. The van der Waals surface area contributed by atoms with E-state index in [1.54, 1.807) is 14.2 Å². The number of nitrogens with zero attached hydrogens (tertiary/aromatic N) is 1. The van der Waals surface area contributed by atoms with Crippen molar-refractivity contribution in [3.05, 3.63) is 29.6 Å². The molecule has 1 aromatic carbocycles. The molecular formula is C12H18FN3O2. The number of ether oxygens (including phenoxy) is 1. The highest BCUT2D eigenvalue weighted by Crippen LogP contribution is 2.20. The van der Waals surface area contributed by atoms with Crippen molar-refractivity contribution in [2.75, 3.05) is 26.2 Å². The Bertz CT molecular complexity index is 426. The molecule has 0 aliphatic rings. The van der Waals surface area contributed by atoms with E-state index < -0.39 is 5.82 Å². The molecule has 0 spiro atoms. The molecule has 0 radical (unpaired) electrons. The maximum Gasteiger partial charge on any atom is 0.256 e. The monoisotopic (exact) mass is 255 g/mol. The Kier molecular flexibility index (Phi) is 5.06. The fraction of sp³-hybridized carbons (Fsp3) is 0.417. The van der Waals surface area contributed by atoms with Crippen LogP contribution in [0.15, 0.2) is 18.2 Å². The quantitative estimate of drug-likeness (QED) is 0.613. The first kappa shape index (κ1) is 14.4. The van der Waals surface area contributed by atoms with Crippen LogP contribution in [0.3, 0.4) is 0 Å². The van der Waals surface area contributed by atoms with Crippen LogP contribution in [0.25, 0.3) is 0 Å². The second kappa shape index (κ2) is 6.32. The fourth-order valence-corrected chi connectivity index (χ4v) is 1.59. The standard InChI is InChI=1S/C12H18FN3O2/c1-8(7-18-3)16(2)12(17)9-5-4-6-10(13)11(9)15-14/h4-6,8,15H,7,14H2,1-3H3. The average molecular weight is 255 g/mol. The number of anilines is 1. The van der Waals surface area contributed by atoms with Gasteiger partial charge in [0.1, 0.15) is 5.82 Å². The second-order valence-electron chi connectivity index (χ2n) is 4.03. The third-order valence-corrected chi connectivity index (χ3v) is 2.78. The van der Waals surface area contributed by atoms with Gasteiger partial charge in [0.2, 0.25) is 0 Å². The molecule has 1 atom stereocenters. The Hall–Kier alpha value is -1.66. The van der Waals surface area contributed by atoms with Crippen molar-refractivity contribution in [1.82, 2.24) is 4.90 Å². The van der Waals surface area contributed by atoms with Crippen molar-refractivity contribution < 1.29 is 13.9 Å². The summed E-state index contributed by atoms with van der Waals surface area (Å²) < 4.78 is 18.5. The molecule has 3 N–H and O–H groups in total. The largest absolute Gasteiger partial charge is 0.383 e. The van der Waals surface area contributed by atoms with Gasteiger partial charge in [0, 0.05) is 14.2 Å². The SMILES string of the molecule is COCC(C)N(C)C(=O)c1cccc(F)c1NN. The van der Waals surface area contributed by atoms with E-state index >= 15 is 0 Å². The van der Waals surface area contributed by atoms with Crippen molar-refractivity contribution in [1.29, 1.82) is 0 Å². The average Bonchev–Trinajstić information content (AvgIpc) is 2.37. The molecule has 0 saturated heterocycles. The van der Waals surface area contributed by atoms with E-state index in [2.05, 4.69) is 5.43 Å². The van der Waals surface area contributed by atoms with Gasteiger partial charge in [-0.15, -0.1) is 0 Å². The van der Waals surface area contributed by atoms with Gasteiger partial charge >= 0.3 is 0 Å². The topological polar surface area (TPSA) is 67.6 Å². The number of methoxy groups -OCH3 is 1. The molecule has 100 valence electrons. The number of nitrogen functional groups attached to an aromatic ring is 1. The van der Waals surface area contributed by atoms with E-state index in [0.29, 0.717) is 6.61 Å². The van der Waals surface area contributed by atoms with Crippen molar-refractivity contribution in [2.24, 2.45) is 5.84 Å². The summed E-state index contributed by atoms with van der Waals surface area (Å²) in [5.41, 5.74) is 2.41. The predicted octanol–water partition coefficient (Wildman–Crippen LogP) is 1.22. The van der Waals surface area contributed by atoms with Gasteiger partial charge in [0.05, 0.1) is 23.9 Å². The molecule has 1 rings (SSSR count). The van der Waals surface area contributed by atoms with Gasteiger partial charge in [-0.25, -0.2) is 4.39 Å². The molecule has 0 fully saturated rings. The van der Waals surface area contributed by atoms with Crippen molar-refractivity contribution >= 4 is 11.6 Å². The van der Waals surface area contributed by atoms with Crippen LogP contribution in [0.2, 0.25) is 0 Å². The highest BCUT2D eigenvalue weighted by molar-refractivity contribution is 5.99. The number of rotatable bonds is 5. The Morgan fingerprint density at radius 3 is 2.83 bits per heavy atom. The molecule has 5 nitrogen and oxygen atoms in total. The normalized spacial score (nSPS) is 12.1. The molecule has 0 heterocycles. The summed E-state index contributed by atoms with van der Waals surface area (Å²) in [4.78, 5) is 13.7. The number of hydrogen-bond donors (Lipinski definition) is 2. The molecule has 0 aromatic heterocycles. The predicted molar refractivity (Wildman–Crippen MR) is 67.6 cm³/mol. The third-order valence-electron chi connectivity index (χ3n) is 2.78. The van der Waals surface area contributed by atoms with Crippen LogP contribution in [0.4, 0.5) is 10.1 Å². The highest BCUT2D eigenvalue weighted by atomic mass is 19.1. The smallest absolute Gasteiger partial charge is 0.256 e. The zero-order valence-electron chi connectivity index (χ0n) is 10.7. The van der Waals surface area contributed by atoms with Crippen LogP contribution in [0, 0.1) is 5.82 Å². The fourth-order valence-electron chi connectivity index (χ4n) is 1.59. The van der Waals surface area contributed by atoms with E-state index in [4.69, 9.17) is 10.6 Å². The highest BCUT2D eigenvalue weighted by Gasteiger charge is 2.21. The number of nitrogens with one attached hydrogen (secondary N) is 1. The number of amides is 1. The van der Waals surface area contributed by atoms with Gasteiger partial charge in [-0.2, -0.15) is 0 Å². The molecular weight excluding hydrogens is 237 g/mol. The van der Waals surface area contributed by atoms with E-state index in [0.717, 1.165) is 0 Å². The lowest BCUT2D eigenvalue weighted by Crippen LogP contribution is -2.38. The van der Waals surface area contributed by atoms with E-state index in [9.17, 15) is 9.18 Å². The molecule has 1 unspecified atom stereocenters. The first-order valence-electron chi connectivity index (χ1n) is 5.54. The minimum absolute atomic E-state index is 0.000957. The lowest BCUT2D eigenvalue weighted by Gasteiger charge is -2.25. The number of halogens is 1. The summed E-state index contributed by atoms with van der Waals surface area (Å²) in [6.07, 6.45) is 0. The number of carbonyl (C=O) groups excluding carboxylic acids is 1. The number of para-hydroxylation sites is 1. The molecule has 0 aliphatic heterocycles. The van der Waals surface area contributed by atoms with Gasteiger partial charge < -0.3 is 15.1 Å².